The Morgan fingerprint density at radius 1 is 0.828 bits per heavy atom. The zero-order chi connectivity index (χ0) is 21.7. The Hall–Kier alpha value is -1.69. The second-order valence-corrected chi connectivity index (χ2v) is 7.67. The van der Waals surface area contributed by atoms with Crippen LogP contribution in [0, 0.1) is 0 Å². The molecule has 0 saturated carbocycles. The fourth-order valence-corrected chi connectivity index (χ4v) is 2.98. The predicted molar refractivity (Wildman–Crippen MR) is 115 cm³/mol. The van der Waals surface area contributed by atoms with Crippen LogP contribution in [0.1, 0.15) is 110 Å². The van der Waals surface area contributed by atoms with Crippen LogP contribution in [-0.2, 0) is 19.1 Å². The second kappa shape index (κ2) is 19.6. The van der Waals surface area contributed by atoms with Crippen LogP contribution in [0.3, 0.4) is 0 Å². The molecule has 0 aromatic heterocycles. The third-order valence-electron chi connectivity index (χ3n) is 4.83. The van der Waals surface area contributed by atoms with E-state index in [0.29, 0.717) is 6.42 Å². The quantitative estimate of drug-likeness (QED) is 0.129. The molecule has 0 aromatic rings. The minimum atomic E-state index is -1.07. The Kier molecular flexibility index (Phi) is 18.5. The number of unbranched alkanes of at least 4 members (excludes halogenated alkanes) is 11. The van der Waals surface area contributed by atoms with Gasteiger partial charge in [0.05, 0.1) is 0 Å². The van der Waals surface area contributed by atoms with Crippen LogP contribution in [-0.4, -0.2) is 29.1 Å². The van der Waals surface area contributed by atoms with Crippen molar-refractivity contribution in [2.75, 3.05) is 0 Å². The number of rotatable bonds is 19. The first kappa shape index (κ1) is 27.3. The minimum Gasteiger partial charge on any atom is -0.481 e. The van der Waals surface area contributed by atoms with E-state index >= 15 is 0 Å². The topological polar surface area (TPSA) is 107 Å². The van der Waals surface area contributed by atoms with E-state index in [-0.39, 0.29) is 19.3 Å². The molecule has 0 unspecified atom stereocenters. The van der Waals surface area contributed by atoms with E-state index in [1.54, 1.807) is 0 Å². The monoisotopic (exact) mass is 411 g/mol. The number of carboxylic acid groups (broad SMARTS) is 1. The van der Waals surface area contributed by atoms with Crippen molar-refractivity contribution in [1.29, 1.82) is 0 Å². The van der Waals surface area contributed by atoms with Crippen LogP contribution < -0.4 is 5.73 Å². The summed E-state index contributed by atoms with van der Waals surface area (Å²) in [4.78, 5) is 33.6. The molecule has 0 rings (SSSR count). The molecule has 0 spiro atoms. The molecule has 0 heterocycles. The van der Waals surface area contributed by atoms with Crippen molar-refractivity contribution in [3.8, 4) is 0 Å². The van der Waals surface area contributed by atoms with Crippen molar-refractivity contribution in [2.45, 2.75) is 116 Å². The summed E-state index contributed by atoms with van der Waals surface area (Å²) in [6, 6.07) is -1.07. The normalized spacial score (nSPS) is 12.2. The van der Waals surface area contributed by atoms with Crippen molar-refractivity contribution in [2.24, 2.45) is 5.73 Å². The molecule has 0 amide bonds. The number of carboxylic acids is 1. The van der Waals surface area contributed by atoms with Crippen molar-refractivity contribution in [3.05, 3.63) is 12.2 Å². The molecule has 6 nitrogen and oxygen atoms in total. The Morgan fingerprint density at radius 3 is 1.90 bits per heavy atom. The van der Waals surface area contributed by atoms with Gasteiger partial charge >= 0.3 is 17.9 Å². The van der Waals surface area contributed by atoms with E-state index in [1.165, 1.54) is 44.9 Å². The van der Waals surface area contributed by atoms with Crippen LogP contribution in [0.15, 0.2) is 12.2 Å². The fraction of sp³-hybridized carbons (Fsp3) is 0.783. The van der Waals surface area contributed by atoms with Crippen molar-refractivity contribution in [3.63, 3.8) is 0 Å². The Morgan fingerprint density at radius 2 is 1.34 bits per heavy atom. The highest BCUT2D eigenvalue weighted by atomic mass is 16.6. The molecule has 6 heteroatoms. The summed E-state index contributed by atoms with van der Waals surface area (Å²) in [6.07, 6.45) is 19.8. The Bertz CT molecular complexity index is 476. The van der Waals surface area contributed by atoms with E-state index in [4.69, 9.17) is 10.8 Å². The summed E-state index contributed by atoms with van der Waals surface area (Å²) in [5, 5.41) is 8.55. The first-order chi connectivity index (χ1) is 14.0. The maximum Gasteiger partial charge on any atom is 0.330 e. The summed E-state index contributed by atoms with van der Waals surface area (Å²) < 4.78 is 4.66. The highest BCUT2D eigenvalue weighted by molar-refractivity contribution is 5.88. The number of allylic oxidation sites excluding steroid dienone is 2. The van der Waals surface area contributed by atoms with Crippen molar-refractivity contribution < 1.29 is 24.2 Å². The Balaban J connectivity index is 3.47. The number of esters is 2. The van der Waals surface area contributed by atoms with E-state index in [1.807, 2.05) is 0 Å². The molecule has 0 bridgehead atoms. The van der Waals surface area contributed by atoms with Crippen LogP contribution in [0.2, 0.25) is 0 Å². The van der Waals surface area contributed by atoms with Crippen molar-refractivity contribution >= 4 is 17.9 Å². The summed E-state index contributed by atoms with van der Waals surface area (Å²) in [5.41, 5.74) is 5.50. The average molecular weight is 412 g/mol. The number of aliphatic carboxylic acids is 1. The van der Waals surface area contributed by atoms with Crippen molar-refractivity contribution in [1.82, 2.24) is 0 Å². The molecule has 1 atom stereocenters. The largest absolute Gasteiger partial charge is 0.481 e. The number of hydrogen-bond acceptors (Lipinski definition) is 5. The summed E-state index contributed by atoms with van der Waals surface area (Å²) in [5.74, 6) is -2.46. The molecule has 0 aliphatic carbocycles. The number of carbonyl (C=O) groups excluding carboxylic acids is 2. The summed E-state index contributed by atoms with van der Waals surface area (Å²) >= 11 is 0. The molecule has 0 radical (unpaired) electrons. The summed E-state index contributed by atoms with van der Waals surface area (Å²) in [7, 11) is 0. The number of nitrogens with two attached hydrogens (primary N) is 1. The van der Waals surface area contributed by atoms with Crippen LogP contribution in [0.25, 0.3) is 0 Å². The lowest BCUT2D eigenvalue weighted by Crippen LogP contribution is -2.34. The van der Waals surface area contributed by atoms with E-state index in [2.05, 4.69) is 23.8 Å². The maximum atomic E-state index is 11.6. The van der Waals surface area contributed by atoms with Crippen LogP contribution in [0.4, 0.5) is 0 Å². The van der Waals surface area contributed by atoms with Crippen LogP contribution >= 0.6 is 0 Å². The first-order valence-electron chi connectivity index (χ1n) is 11.3. The van der Waals surface area contributed by atoms with Gasteiger partial charge in [-0.25, -0.2) is 4.79 Å². The minimum absolute atomic E-state index is 0.0329. The first-order valence-corrected chi connectivity index (χ1v) is 11.3. The van der Waals surface area contributed by atoms with Gasteiger partial charge in [-0.3, -0.25) is 9.59 Å². The Labute approximate surface area is 176 Å². The standard InChI is InChI=1S/C23H41NO5/c1-2-3-4-5-6-7-8-9-10-11-12-13-14-15-16-17-22(27)29-23(28)20(24)18-19-21(25)26/h9-10,20H,2-8,11-19,24H2,1H3,(H,25,26)/b10-9-/t20-/m0/s1. The number of ether oxygens (including phenoxy) is 1. The maximum absolute atomic E-state index is 11.6. The third kappa shape index (κ3) is 19.4. The summed E-state index contributed by atoms with van der Waals surface area (Å²) in [6.45, 7) is 2.24. The second-order valence-electron chi connectivity index (χ2n) is 7.67. The van der Waals surface area contributed by atoms with Gasteiger partial charge in [-0.05, 0) is 38.5 Å². The molecule has 29 heavy (non-hydrogen) atoms. The molecular formula is C23H41NO5. The molecule has 0 aliphatic rings. The molecule has 0 saturated heterocycles. The SMILES string of the molecule is CCCCCCCC/C=C\CCCCCCCC(=O)OC(=O)[C@@H](N)CCC(=O)O. The molecular weight excluding hydrogens is 370 g/mol. The highest BCUT2D eigenvalue weighted by Crippen LogP contribution is 2.10. The van der Waals surface area contributed by atoms with E-state index < -0.39 is 23.9 Å². The third-order valence-corrected chi connectivity index (χ3v) is 4.83. The highest BCUT2D eigenvalue weighted by Gasteiger charge is 2.19. The lowest BCUT2D eigenvalue weighted by molar-refractivity contribution is -0.160. The number of carbonyl (C=O) groups is 3. The van der Waals surface area contributed by atoms with Gasteiger partial charge < -0.3 is 15.6 Å². The molecule has 3 N–H and O–H groups in total. The fourth-order valence-electron chi connectivity index (χ4n) is 2.98. The van der Waals surface area contributed by atoms with Gasteiger partial charge in [-0.15, -0.1) is 0 Å². The smallest absolute Gasteiger partial charge is 0.330 e. The molecule has 0 fully saturated rings. The molecule has 0 aliphatic heterocycles. The average Bonchev–Trinajstić information content (AvgIpc) is 2.68. The van der Waals surface area contributed by atoms with Gasteiger partial charge in [-0.2, -0.15) is 0 Å². The van der Waals surface area contributed by atoms with Gasteiger partial charge in [0, 0.05) is 12.8 Å². The lowest BCUT2D eigenvalue weighted by atomic mass is 10.1. The predicted octanol–water partition coefficient (Wildman–Crippen LogP) is 5.29. The number of hydrogen-bond donors (Lipinski definition) is 2. The van der Waals surface area contributed by atoms with Gasteiger partial charge in [-0.1, -0.05) is 70.4 Å². The van der Waals surface area contributed by atoms with Gasteiger partial charge in [0.15, 0.2) is 0 Å². The van der Waals surface area contributed by atoms with E-state index in [9.17, 15) is 14.4 Å². The van der Waals surface area contributed by atoms with Gasteiger partial charge in [0.1, 0.15) is 6.04 Å². The van der Waals surface area contributed by atoms with Gasteiger partial charge in [0.25, 0.3) is 0 Å². The van der Waals surface area contributed by atoms with Gasteiger partial charge in [0.2, 0.25) is 0 Å². The molecule has 0 aromatic carbocycles. The zero-order valence-corrected chi connectivity index (χ0v) is 18.2. The lowest BCUT2D eigenvalue weighted by Gasteiger charge is -2.08. The van der Waals surface area contributed by atoms with E-state index in [0.717, 1.165) is 32.1 Å². The molecule has 168 valence electrons. The van der Waals surface area contributed by atoms with Crippen LogP contribution in [0.5, 0.6) is 0 Å². The zero-order valence-electron chi connectivity index (χ0n) is 18.2.